The molecule has 3 heteroatoms. The molecule has 0 rings (SSSR count). The summed E-state index contributed by atoms with van der Waals surface area (Å²) in [6, 6.07) is 0.239. The number of carbonyl (C=O) groups is 1. The van der Waals surface area contributed by atoms with Crippen LogP contribution in [0.3, 0.4) is 0 Å². The fraction of sp³-hybridized carbons (Fsp3) is 0.933. The topological polar surface area (TPSA) is 55.1 Å². The molecule has 18 heavy (non-hydrogen) atoms. The summed E-state index contributed by atoms with van der Waals surface area (Å²) in [4.78, 5) is 11.8. The number of hydrogen-bond acceptors (Lipinski definition) is 2. The van der Waals surface area contributed by atoms with Crippen molar-refractivity contribution in [1.82, 2.24) is 5.32 Å². The SMILES string of the molecule is CCCCCCCCC(=O)NC(CCN)C(C)C. The molecule has 0 saturated carbocycles. The van der Waals surface area contributed by atoms with Gasteiger partial charge in [0.05, 0.1) is 0 Å². The zero-order valence-corrected chi connectivity index (χ0v) is 12.5. The Morgan fingerprint density at radius 2 is 1.72 bits per heavy atom. The van der Waals surface area contributed by atoms with E-state index >= 15 is 0 Å². The van der Waals surface area contributed by atoms with Gasteiger partial charge in [-0.3, -0.25) is 4.79 Å². The Morgan fingerprint density at radius 3 is 2.28 bits per heavy atom. The van der Waals surface area contributed by atoms with Gasteiger partial charge < -0.3 is 11.1 Å². The molecule has 0 aliphatic heterocycles. The van der Waals surface area contributed by atoms with Crippen molar-refractivity contribution >= 4 is 5.91 Å². The first kappa shape index (κ1) is 17.4. The second kappa shape index (κ2) is 11.5. The maximum atomic E-state index is 11.8. The molecular formula is C15H32N2O. The van der Waals surface area contributed by atoms with Crippen molar-refractivity contribution in [2.45, 2.75) is 78.2 Å². The van der Waals surface area contributed by atoms with Gasteiger partial charge >= 0.3 is 0 Å². The van der Waals surface area contributed by atoms with E-state index in [1.165, 1.54) is 32.1 Å². The van der Waals surface area contributed by atoms with Crippen molar-refractivity contribution in [3.63, 3.8) is 0 Å². The highest BCUT2D eigenvalue weighted by atomic mass is 16.1. The second-order valence-electron chi connectivity index (χ2n) is 5.51. The molecule has 3 nitrogen and oxygen atoms in total. The number of hydrogen-bond donors (Lipinski definition) is 2. The van der Waals surface area contributed by atoms with Crippen molar-refractivity contribution in [1.29, 1.82) is 0 Å². The van der Waals surface area contributed by atoms with E-state index in [9.17, 15) is 4.79 Å². The third-order valence-corrected chi connectivity index (χ3v) is 3.39. The fourth-order valence-corrected chi connectivity index (χ4v) is 2.10. The van der Waals surface area contributed by atoms with Gasteiger partial charge in [0, 0.05) is 12.5 Å². The summed E-state index contributed by atoms with van der Waals surface area (Å²) in [6.07, 6.45) is 8.89. The van der Waals surface area contributed by atoms with E-state index in [2.05, 4.69) is 26.1 Å². The van der Waals surface area contributed by atoms with Crippen molar-refractivity contribution < 1.29 is 4.79 Å². The molecule has 0 aromatic carbocycles. The Kier molecular flexibility index (Phi) is 11.2. The molecule has 108 valence electrons. The number of rotatable bonds is 11. The van der Waals surface area contributed by atoms with E-state index in [1.54, 1.807) is 0 Å². The third-order valence-electron chi connectivity index (χ3n) is 3.39. The molecule has 3 N–H and O–H groups in total. The van der Waals surface area contributed by atoms with Crippen LogP contribution >= 0.6 is 0 Å². The zero-order chi connectivity index (χ0) is 13.8. The molecular weight excluding hydrogens is 224 g/mol. The maximum Gasteiger partial charge on any atom is 0.220 e. The van der Waals surface area contributed by atoms with Gasteiger partial charge in [0.1, 0.15) is 0 Å². The molecule has 0 radical (unpaired) electrons. The van der Waals surface area contributed by atoms with Gasteiger partial charge in [-0.2, -0.15) is 0 Å². The molecule has 0 spiro atoms. The Bertz CT molecular complexity index is 205. The van der Waals surface area contributed by atoms with Gasteiger partial charge in [0.2, 0.25) is 5.91 Å². The molecule has 0 aromatic heterocycles. The molecule has 0 heterocycles. The van der Waals surface area contributed by atoms with Gasteiger partial charge in [-0.1, -0.05) is 52.9 Å². The molecule has 1 unspecified atom stereocenters. The van der Waals surface area contributed by atoms with E-state index in [0.29, 0.717) is 18.9 Å². The van der Waals surface area contributed by atoms with Crippen molar-refractivity contribution in [2.24, 2.45) is 11.7 Å². The number of nitrogens with one attached hydrogen (secondary N) is 1. The number of carbonyl (C=O) groups excluding carboxylic acids is 1. The zero-order valence-electron chi connectivity index (χ0n) is 12.5. The fourth-order valence-electron chi connectivity index (χ4n) is 2.10. The standard InChI is InChI=1S/C15H32N2O/c1-4-5-6-7-8-9-10-15(18)17-14(11-12-16)13(2)3/h13-14H,4-12,16H2,1-3H3,(H,17,18). The second-order valence-corrected chi connectivity index (χ2v) is 5.51. The summed E-state index contributed by atoms with van der Waals surface area (Å²) in [7, 11) is 0. The first-order valence-corrected chi connectivity index (χ1v) is 7.61. The molecule has 0 saturated heterocycles. The van der Waals surface area contributed by atoms with Crippen LogP contribution in [0.15, 0.2) is 0 Å². The van der Waals surface area contributed by atoms with E-state index in [0.717, 1.165) is 12.8 Å². The first-order chi connectivity index (χ1) is 8.61. The van der Waals surface area contributed by atoms with Gasteiger partial charge in [0.25, 0.3) is 0 Å². The van der Waals surface area contributed by atoms with Crippen LogP contribution in [0.1, 0.15) is 72.1 Å². The lowest BCUT2D eigenvalue weighted by molar-refractivity contribution is -0.122. The minimum atomic E-state index is 0.192. The molecule has 0 aliphatic carbocycles. The Labute approximate surface area is 113 Å². The summed E-state index contributed by atoms with van der Waals surface area (Å²) in [5, 5.41) is 3.10. The lowest BCUT2D eigenvalue weighted by atomic mass is 10.0. The third kappa shape index (κ3) is 9.46. The highest BCUT2D eigenvalue weighted by Crippen LogP contribution is 2.09. The Balaban J connectivity index is 3.62. The van der Waals surface area contributed by atoms with Crippen LogP contribution in [-0.4, -0.2) is 18.5 Å². The predicted molar refractivity (Wildman–Crippen MR) is 78.4 cm³/mol. The van der Waals surface area contributed by atoms with Crippen molar-refractivity contribution in [2.75, 3.05) is 6.54 Å². The van der Waals surface area contributed by atoms with E-state index in [-0.39, 0.29) is 11.9 Å². The maximum absolute atomic E-state index is 11.8. The van der Waals surface area contributed by atoms with Gasteiger partial charge in [-0.15, -0.1) is 0 Å². The molecule has 1 amide bonds. The van der Waals surface area contributed by atoms with E-state index in [4.69, 9.17) is 5.73 Å². The number of amides is 1. The predicted octanol–water partition coefficient (Wildman–Crippen LogP) is 3.23. The minimum absolute atomic E-state index is 0.192. The average Bonchev–Trinajstić information content (AvgIpc) is 2.33. The molecule has 0 aliphatic rings. The van der Waals surface area contributed by atoms with Crippen LogP contribution in [0.4, 0.5) is 0 Å². The summed E-state index contributed by atoms with van der Waals surface area (Å²) in [5.41, 5.74) is 5.56. The van der Waals surface area contributed by atoms with Crippen LogP contribution < -0.4 is 11.1 Å². The largest absolute Gasteiger partial charge is 0.353 e. The van der Waals surface area contributed by atoms with Crippen molar-refractivity contribution in [3.05, 3.63) is 0 Å². The van der Waals surface area contributed by atoms with E-state index in [1.807, 2.05) is 0 Å². The van der Waals surface area contributed by atoms with Crippen LogP contribution in [0.5, 0.6) is 0 Å². The molecule has 0 bridgehead atoms. The molecule has 1 atom stereocenters. The summed E-state index contributed by atoms with van der Waals surface area (Å²) < 4.78 is 0. The monoisotopic (exact) mass is 256 g/mol. The lowest BCUT2D eigenvalue weighted by Gasteiger charge is -2.21. The average molecular weight is 256 g/mol. The highest BCUT2D eigenvalue weighted by molar-refractivity contribution is 5.76. The summed E-state index contributed by atoms with van der Waals surface area (Å²) >= 11 is 0. The smallest absolute Gasteiger partial charge is 0.220 e. The Hall–Kier alpha value is -0.570. The van der Waals surface area contributed by atoms with E-state index < -0.39 is 0 Å². The molecule has 0 aromatic rings. The quantitative estimate of drug-likeness (QED) is 0.558. The molecule has 0 fully saturated rings. The van der Waals surface area contributed by atoms with Gasteiger partial charge in [-0.05, 0) is 25.3 Å². The van der Waals surface area contributed by atoms with Crippen LogP contribution in [0.25, 0.3) is 0 Å². The van der Waals surface area contributed by atoms with Crippen LogP contribution in [-0.2, 0) is 4.79 Å². The highest BCUT2D eigenvalue weighted by Gasteiger charge is 2.14. The summed E-state index contributed by atoms with van der Waals surface area (Å²) in [5.74, 6) is 0.652. The lowest BCUT2D eigenvalue weighted by Crippen LogP contribution is -2.39. The first-order valence-electron chi connectivity index (χ1n) is 7.61. The minimum Gasteiger partial charge on any atom is -0.353 e. The summed E-state index contributed by atoms with van der Waals surface area (Å²) in [6.45, 7) is 7.12. The Morgan fingerprint density at radius 1 is 1.11 bits per heavy atom. The number of unbranched alkanes of at least 4 members (excludes halogenated alkanes) is 5. The normalized spacial score (nSPS) is 12.7. The van der Waals surface area contributed by atoms with Gasteiger partial charge in [0.15, 0.2) is 0 Å². The van der Waals surface area contributed by atoms with Crippen LogP contribution in [0, 0.1) is 5.92 Å². The number of nitrogens with two attached hydrogens (primary N) is 1. The van der Waals surface area contributed by atoms with Crippen LogP contribution in [0.2, 0.25) is 0 Å². The van der Waals surface area contributed by atoms with Gasteiger partial charge in [-0.25, -0.2) is 0 Å². The van der Waals surface area contributed by atoms with Crippen molar-refractivity contribution in [3.8, 4) is 0 Å².